The summed E-state index contributed by atoms with van der Waals surface area (Å²) >= 11 is 3.65. The number of halogens is 1. The Balaban J connectivity index is 1.83. The molecule has 1 aliphatic rings. The van der Waals surface area contributed by atoms with E-state index in [9.17, 15) is 0 Å². The molecule has 1 nitrogen and oxygen atoms in total. The molecule has 0 saturated carbocycles. The summed E-state index contributed by atoms with van der Waals surface area (Å²) < 4.78 is 1.16. The van der Waals surface area contributed by atoms with Gasteiger partial charge in [0.25, 0.3) is 0 Å². The molecule has 20 heavy (non-hydrogen) atoms. The molecule has 0 heterocycles. The predicted octanol–water partition coefficient (Wildman–Crippen LogP) is 4.22. The third-order valence-electron chi connectivity index (χ3n) is 4.27. The van der Waals surface area contributed by atoms with Crippen molar-refractivity contribution in [3.05, 3.63) is 69.2 Å². The van der Waals surface area contributed by atoms with Gasteiger partial charge >= 0.3 is 0 Å². The van der Waals surface area contributed by atoms with Gasteiger partial charge in [0.05, 0.1) is 0 Å². The maximum Gasteiger partial charge on any atom is 0.0210 e. The highest BCUT2D eigenvalue weighted by molar-refractivity contribution is 9.10. The lowest BCUT2D eigenvalue weighted by Gasteiger charge is -2.17. The van der Waals surface area contributed by atoms with Crippen LogP contribution in [0.25, 0.3) is 0 Å². The standard InChI is InChI=1S/C18H20BrN/c19-18-7-2-1-6-17(18)16(12-20)11-13-8-9-14-4-3-5-15(14)10-13/h1-2,6-10,16H,3-5,11-12,20H2. The SMILES string of the molecule is NCC(Cc1ccc2c(c1)CCC2)c1ccccc1Br. The largest absolute Gasteiger partial charge is 0.330 e. The van der Waals surface area contributed by atoms with Crippen LogP contribution in [0.5, 0.6) is 0 Å². The molecule has 0 bridgehead atoms. The van der Waals surface area contributed by atoms with E-state index in [1.807, 2.05) is 0 Å². The smallest absolute Gasteiger partial charge is 0.0210 e. The Morgan fingerprint density at radius 3 is 2.65 bits per heavy atom. The van der Waals surface area contributed by atoms with Crippen LogP contribution in [0, 0.1) is 0 Å². The van der Waals surface area contributed by atoms with Crippen LogP contribution in [0.3, 0.4) is 0 Å². The lowest BCUT2D eigenvalue weighted by Crippen LogP contribution is -2.15. The van der Waals surface area contributed by atoms with Gasteiger partial charge in [-0.05, 0) is 60.5 Å². The summed E-state index contributed by atoms with van der Waals surface area (Å²) in [7, 11) is 0. The minimum atomic E-state index is 0.380. The van der Waals surface area contributed by atoms with Gasteiger partial charge in [-0.1, -0.05) is 52.3 Å². The first kappa shape index (κ1) is 13.8. The highest BCUT2D eigenvalue weighted by Gasteiger charge is 2.16. The molecule has 1 unspecified atom stereocenters. The fourth-order valence-corrected chi connectivity index (χ4v) is 3.77. The Labute approximate surface area is 129 Å². The molecule has 0 spiro atoms. The maximum atomic E-state index is 6.01. The molecule has 0 radical (unpaired) electrons. The second kappa shape index (κ2) is 6.11. The summed E-state index contributed by atoms with van der Waals surface area (Å²) in [5.74, 6) is 0.380. The lowest BCUT2D eigenvalue weighted by molar-refractivity contribution is 0.691. The highest BCUT2D eigenvalue weighted by atomic mass is 79.9. The molecule has 104 valence electrons. The van der Waals surface area contributed by atoms with Gasteiger partial charge in [0.15, 0.2) is 0 Å². The van der Waals surface area contributed by atoms with Gasteiger partial charge in [-0.2, -0.15) is 0 Å². The summed E-state index contributed by atoms with van der Waals surface area (Å²) in [5.41, 5.74) is 11.8. The molecule has 2 aromatic rings. The molecular weight excluding hydrogens is 310 g/mol. The topological polar surface area (TPSA) is 26.0 Å². The number of hydrogen-bond donors (Lipinski definition) is 1. The van der Waals surface area contributed by atoms with Crippen molar-refractivity contribution in [1.29, 1.82) is 0 Å². The summed E-state index contributed by atoms with van der Waals surface area (Å²) in [4.78, 5) is 0. The van der Waals surface area contributed by atoms with Crippen molar-refractivity contribution in [2.75, 3.05) is 6.54 Å². The minimum absolute atomic E-state index is 0.380. The van der Waals surface area contributed by atoms with E-state index < -0.39 is 0 Å². The second-order valence-corrected chi connectivity index (χ2v) is 6.47. The number of rotatable bonds is 4. The minimum Gasteiger partial charge on any atom is -0.330 e. The molecule has 2 heteroatoms. The van der Waals surface area contributed by atoms with Gasteiger partial charge in [-0.3, -0.25) is 0 Å². The maximum absolute atomic E-state index is 6.01. The summed E-state index contributed by atoms with van der Waals surface area (Å²) in [6, 6.07) is 15.4. The van der Waals surface area contributed by atoms with E-state index in [1.165, 1.54) is 30.4 Å². The van der Waals surface area contributed by atoms with Crippen LogP contribution in [0.1, 0.15) is 34.6 Å². The van der Waals surface area contributed by atoms with Crippen molar-refractivity contribution >= 4 is 15.9 Å². The van der Waals surface area contributed by atoms with E-state index in [4.69, 9.17) is 5.73 Å². The fourth-order valence-electron chi connectivity index (χ4n) is 3.16. The van der Waals surface area contributed by atoms with E-state index in [1.54, 1.807) is 11.1 Å². The van der Waals surface area contributed by atoms with Crippen molar-refractivity contribution in [3.63, 3.8) is 0 Å². The Bertz CT molecular complexity index is 606. The monoisotopic (exact) mass is 329 g/mol. The summed E-state index contributed by atoms with van der Waals surface area (Å²) in [6.07, 6.45) is 4.82. The van der Waals surface area contributed by atoms with Crippen molar-refractivity contribution in [1.82, 2.24) is 0 Å². The number of benzene rings is 2. The van der Waals surface area contributed by atoms with Crippen LogP contribution in [0.15, 0.2) is 46.9 Å². The van der Waals surface area contributed by atoms with Crippen LogP contribution < -0.4 is 5.73 Å². The molecule has 1 atom stereocenters. The third kappa shape index (κ3) is 2.82. The zero-order valence-corrected chi connectivity index (χ0v) is 13.2. The molecule has 0 saturated heterocycles. The van der Waals surface area contributed by atoms with E-state index in [-0.39, 0.29) is 0 Å². The Morgan fingerprint density at radius 2 is 1.85 bits per heavy atom. The zero-order chi connectivity index (χ0) is 13.9. The van der Waals surface area contributed by atoms with Crippen LogP contribution in [-0.4, -0.2) is 6.54 Å². The first-order valence-corrected chi connectivity index (χ1v) is 8.12. The van der Waals surface area contributed by atoms with E-state index in [0.29, 0.717) is 12.5 Å². The van der Waals surface area contributed by atoms with Gasteiger partial charge in [0.2, 0.25) is 0 Å². The normalized spacial score (nSPS) is 15.1. The Morgan fingerprint density at radius 1 is 1.05 bits per heavy atom. The van der Waals surface area contributed by atoms with Crippen LogP contribution in [0.4, 0.5) is 0 Å². The first-order chi connectivity index (χ1) is 9.78. The molecule has 0 aliphatic heterocycles. The van der Waals surface area contributed by atoms with Crippen LogP contribution >= 0.6 is 15.9 Å². The van der Waals surface area contributed by atoms with Gasteiger partial charge in [0.1, 0.15) is 0 Å². The number of nitrogens with two attached hydrogens (primary N) is 1. The molecule has 0 amide bonds. The van der Waals surface area contributed by atoms with E-state index in [2.05, 4.69) is 58.4 Å². The van der Waals surface area contributed by atoms with E-state index in [0.717, 1.165) is 10.9 Å². The highest BCUT2D eigenvalue weighted by Crippen LogP contribution is 2.29. The molecule has 2 aromatic carbocycles. The lowest BCUT2D eigenvalue weighted by atomic mass is 9.91. The van der Waals surface area contributed by atoms with Gasteiger partial charge < -0.3 is 5.73 Å². The first-order valence-electron chi connectivity index (χ1n) is 7.33. The fraction of sp³-hybridized carbons (Fsp3) is 0.333. The molecule has 2 N–H and O–H groups in total. The number of aryl methyl sites for hydroxylation is 2. The molecule has 0 aromatic heterocycles. The molecule has 3 rings (SSSR count). The van der Waals surface area contributed by atoms with Gasteiger partial charge in [0, 0.05) is 10.4 Å². The molecule has 0 fully saturated rings. The predicted molar refractivity (Wildman–Crippen MR) is 88.1 cm³/mol. The summed E-state index contributed by atoms with van der Waals surface area (Å²) in [5, 5.41) is 0. The van der Waals surface area contributed by atoms with E-state index >= 15 is 0 Å². The molecular formula is C18H20BrN. The average Bonchev–Trinajstić information content (AvgIpc) is 2.93. The van der Waals surface area contributed by atoms with Crippen molar-refractivity contribution in [3.8, 4) is 0 Å². The Hall–Kier alpha value is -1.12. The molecule has 1 aliphatic carbocycles. The number of hydrogen-bond acceptors (Lipinski definition) is 1. The van der Waals surface area contributed by atoms with Crippen LogP contribution in [-0.2, 0) is 19.3 Å². The van der Waals surface area contributed by atoms with Crippen molar-refractivity contribution in [2.24, 2.45) is 5.73 Å². The van der Waals surface area contributed by atoms with Gasteiger partial charge in [-0.15, -0.1) is 0 Å². The van der Waals surface area contributed by atoms with Gasteiger partial charge in [-0.25, -0.2) is 0 Å². The summed E-state index contributed by atoms with van der Waals surface area (Å²) in [6.45, 7) is 0.680. The van der Waals surface area contributed by atoms with Crippen molar-refractivity contribution < 1.29 is 0 Å². The van der Waals surface area contributed by atoms with Crippen LogP contribution in [0.2, 0.25) is 0 Å². The average molecular weight is 330 g/mol. The second-order valence-electron chi connectivity index (χ2n) is 5.61. The quantitative estimate of drug-likeness (QED) is 0.892. The number of fused-ring (bicyclic) bond motifs is 1. The zero-order valence-electron chi connectivity index (χ0n) is 11.6. The third-order valence-corrected chi connectivity index (χ3v) is 5.00. The van der Waals surface area contributed by atoms with Crippen molar-refractivity contribution in [2.45, 2.75) is 31.6 Å². The Kier molecular flexibility index (Phi) is 4.23.